The SMILES string of the molecule is CCCCn1c(N)c(N(CC(C)C)C(=O)[C@H](C)N2C(=O)c3ccccc3C2=O)c(=O)[nH]c1=O. The van der Waals surface area contributed by atoms with Gasteiger partial charge in [-0.05, 0) is 31.4 Å². The summed E-state index contributed by atoms with van der Waals surface area (Å²) >= 11 is 0. The zero-order valence-electron chi connectivity index (χ0n) is 19.3. The van der Waals surface area contributed by atoms with E-state index in [4.69, 9.17) is 5.73 Å². The standard InChI is InChI=1S/C23H29N5O5/c1-5-6-11-26-18(24)17(19(29)25-23(26)33)27(12-13(2)3)20(30)14(4)28-21(31)15-9-7-8-10-16(15)22(28)32/h7-10,13-14H,5-6,11-12,24H2,1-4H3,(H,25,29,33)/t14-/m0/s1. The minimum atomic E-state index is -1.19. The van der Waals surface area contributed by atoms with Crippen LogP contribution < -0.4 is 21.9 Å². The van der Waals surface area contributed by atoms with Crippen molar-refractivity contribution in [1.29, 1.82) is 0 Å². The molecule has 3 rings (SSSR count). The van der Waals surface area contributed by atoms with E-state index in [0.717, 1.165) is 11.3 Å². The van der Waals surface area contributed by atoms with E-state index in [2.05, 4.69) is 4.98 Å². The van der Waals surface area contributed by atoms with Crippen molar-refractivity contribution in [2.24, 2.45) is 5.92 Å². The molecule has 10 heteroatoms. The van der Waals surface area contributed by atoms with Crippen molar-refractivity contribution in [2.45, 2.75) is 53.1 Å². The van der Waals surface area contributed by atoms with E-state index >= 15 is 0 Å². The molecule has 176 valence electrons. The van der Waals surface area contributed by atoms with Gasteiger partial charge in [-0.3, -0.25) is 33.6 Å². The monoisotopic (exact) mass is 455 g/mol. The molecular weight excluding hydrogens is 426 g/mol. The first kappa shape index (κ1) is 24.0. The number of imide groups is 1. The van der Waals surface area contributed by atoms with Crippen molar-refractivity contribution in [1.82, 2.24) is 14.5 Å². The Bertz CT molecular complexity index is 1180. The summed E-state index contributed by atoms with van der Waals surface area (Å²) in [5.74, 6) is -1.98. The maximum Gasteiger partial charge on any atom is 0.330 e. The number of carbonyl (C=O) groups is 3. The minimum Gasteiger partial charge on any atom is -0.383 e. The molecule has 1 atom stereocenters. The lowest BCUT2D eigenvalue weighted by molar-refractivity contribution is -0.122. The van der Waals surface area contributed by atoms with Gasteiger partial charge in [0.25, 0.3) is 17.4 Å². The second-order valence-electron chi connectivity index (χ2n) is 8.54. The second kappa shape index (κ2) is 9.43. The number of nitrogens with zero attached hydrogens (tertiary/aromatic N) is 3. The molecule has 0 aliphatic carbocycles. The van der Waals surface area contributed by atoms with Crippen LogP contribution in [0.2, 0.25) is 0 Å². The molecule has 0 unspecified atom stereocenters. The largest absolute Gasteiger partial charge is 0.383 e. The van der Waals surface area contributed by atoms with Gasteiger partial charge in [0.2, 0.25) is 5.91 Å². The molecule has 1 aromatic heterocycles. The van der Waals surface area contributed by atoms with E-state index in [9.17, 15) is 24.0 Å². The smallest absolute Gasteiger partial charge is 0.330 e. The zero-order valence-corrected chi connectivity index (χ0v) is 19.3. The van der Waals surface area contributed by atoms with Crippen molar-refractivity contribution in [3.8, 4) is 0 Å². The van der Waals surface area contributed by atoms with Gasteiger partial charge in [-0.2, -0.15) is 0 Å². The first-order chi connectivity index (χ1) is 15.6. The van der Waals surface area contributed by atoms with Crippen LogP contribution in [-0.4, -0.2) is 44.8 Å². The summed E-state index contributed by atoms with van der Waals surface area (Å²) in [7, 11) is 0. The number of nitrogen functional groups attached to an aromatic ring is 1. The molecule has 0 spiro atoms. The Labute approximate surface area is 191 Å². The van der Waals surface area contributed by atoms with E-state index in [1.807, 2.05) is 20.8 Å². The quantitative estimate of drug-likeness (QED) is 0.580. The third kappa shape index (κ3) is 4.33. The number of fused-ring (bicyclic) bond motifs is 1. The summed E-state index contributed by atoms with van der Waals surface area (Å²) in [5.41, 5.74) is 5.06. The predicted molar refractivity (Wildman–Crippen MR) is 124 cm³/mol. The maximum atomic E-state index is 13.6. The number of H-pyrrole nitrogens is 1. The molecule has 0 saturated heterocycles. The first-order valence-corrected chi connectivity index (χ1v) is 11.0. The summed E-state index contributed by atoms with van der Waals surface area (Å²) in [6.07, 6.45) is 1.45. The number of benzene rings is 1. The fraction of sp³-hybridized carbons (Fsp3) is 0.435. The van der Waals surface area contributed by atoms with Gasteiger partial charge in [-0.15, -0.1) is 0 Å². The van der Waals surface area contributed by atoms with Gasteiger partial charge in [-0.1, -0.05) is 39.3 Å². The van der Waals surface area contributed by atoms with Crippen LogP contribution in [0.5, 0.6) is 0 Å². The lowest BCUT2D eigenvalue weighted by Gasteiger charge is -2.31. The van der Waals surface area contributed by atoms with Crippen molar-refractivity contribution in [3.63, 3.8) is 0 Å². The van der Waals surface area contributed by atoms with Crippen LogP contribution in [0.4, 0.5) is 11.5 Å². The predicted octanol–water partition coefficient (Wildman–Crippen LogP) is 1.59. The average molecular weight is 456 g/mol. The molecule has 2 aromatic rings. The molecule has 3 N–H and O–H groups in total. The summed E-state index contributed by atoms with van der Waals surface area (Å²) < 4.78 is 1.23. The van der Waals surface area contributed by atoms with Crippen LogP contribution in [0.15, 0.2) is 33.9 Å². The van der Waals surface area contributed by atoms with E-state index < -0.39 is 35.0 Å². The molecule has 0 radical (unpaired) electrons. The highest BCUT2D eigenvalue weighted by Crippen LogP contribution is 2.27. The van der Waals surface area contributed by atoms with Crippen molar-refractivity contribution in [3.05, 3.63) is 56.2 Å². The second-order valence-corrected chi connectivity index (χ2v) is 8.54. The van der Waals surface area contributed by atoms with Gasteiger partial charge in [0.1, 0.15) is 11.9 Å². The molecule has 1 aromatic carbocycles. The number of anilines is 2. The minimum absolute atomic E-state index is 0.0712. The van der Waals surface area contributed by atoms with Gasteiger partial charge in [0, 0.05) is 13.1 Å². The number of hydrogen-bond donors (Lipinski definition) is 2. The van der Waals surface area contributed by atoms with Gasteiger partial charge < -0.3 is 10.6 Å². The molecule has 0 saturated carbocycles. The van der Waals surface area contributed by atoms with Crippen LogP contribution in [0.1, 0.15) is 61.3 Å². The fourth-order valence-corrected chi connectivity index (χ4v) is 3.93. The van der Waals surface area contributed by atoms with E-state index in [0.29, 0.717) is 6.42 Å². The topological polar surface area (TPSA) is 139 Å². The molecule has 1 aliphatic rings. The third-order valence-corrected chi connectivity index (χ3v) is 5.60. The zero-order chi connectivity index (χ0) is 24.4. The number of nitrogens with one attached hydrogen (secondary N) is 1. The number of unbranched alkanes of at least 4 members (excludes halogenated alkanes) is 1. The Kier molecular flexibility index (Phi) is 6.85. The van der Waals surface area contributed by atoms with Crippen LogP contribution in [0.25, 0.3) is 0 Å². The highest BCUT2D eigenvalue weighted by molar-refractivity contribution is 6.23. The van der Waals surface area contributed by atoms with Crippen molar-refractivity contribution < 1.29 is 14.4 Å². The van der Waals surface area contributed by atoms with Gasteiger partial charge in [-0.25, -0.2) is 4.79 Å². The molecule has 0 bridgehead atoms. The number of nitrogens with two attached hydrogens (primary N) is 1. The average Bonchev–Trinajstić information content (AvgIpc) is 3.02. The number of carbonyl (C=O) groups excluding carboxylic acids is 3. The lowest BCUT2D eigenvalue weighted by atomic mass is 10.1. The summed E-state index contributed by atoms with van der Waals surface area (Å²) in [4.78, 5) is 68.8. The first-order valence-electron chi connectivity index (χ1n) is 11.0. The molecule has 2 heterocycles. The summed E-state index contributed by atoms with van der Waals surface area (Å²) in [6.45, 7) is 7.48. The number of hydrogen-bond acceptors (Lipinski definition) is 6. The van der Waals surface area contributed by atoms with Crippen LogP contribution >= 0.6 is 0 Å². The Hall–Kier alpha value is -3.69. The summed E-state index contributed by atoms with van der Waals surface area (Å²) in [6, 6.07) is 5.16. The normalized spacial score (nSPS) is 14.0. The molecule has 10 nitrogen and oxygen atoms in total. The molecule has 3 amide bonds. The van der Waals surface area contributed by atoms with E-state index in [-0.39, 0.29) is 41.6 Å². The number of aromatic amines is 1. The Morgan fingerprint density at radius 3 is 2.15 bits per heavy atom. The number of aromatic nitrogens is 2. The van der Waals surface area contributed by atoms with Gasteiger partial charge >= 0.3 is 5.69 Å². The van der Waals surface area contributed by atoms with Crippen molar-refractivity contribution >= 4 is 29.2 Å². The van der Waals surface area contributed by atoms with E-state index in [1.54, 1.807) is 12.1 Å². The molecule has 0 fully saturated rings. The Balaban J connectivity index is 2.05. The number of rotatable bonds is 8. The fourth-order valence-electron chi connectivity index (χ4n) is 3.93. The maximum absolute atomic E-state index is 13.6. The third-order valence-electron chi connectivity index (χ3n) is 5.60. The molecule has 33 heavy (non-hydrogen) atoms. The highest BCUT2D eigenvalue weighted by atomic mass is 16.2. The van der Waals surface area contributed by atoms with Crippen LogP contribution in [0, 0.1) is 5.92 Å². The van der Waals surface area contributed by atoms with E-state index in [1.165, 1.54) is 28.5 Å². The Morgan fingerprint density at radius 1 is 1.06 bits per heavy atom. The number of amides is 3. The Morgan fingerprint density at radius 2 is 1.64 bits per heavy atom. The van der Waals surface area contributed by atoms with Gasteiger partial charge in [0.15, 0.2) is 5.69 Å². The lowest BCUT2D eigenvalue weighted by Crippen LogP contribution is -2.52. The molecule has 1 aliphatic heterocycles. The van der Waals surface area contributed by atoms with Crippen LogP contribution in [0.3, 0.4) is 0 Å². The van der Waals surface area contributed by atoms with Crippen LogP contribution in [-0.2, 0) is 11.3 Å². The summed E-state index contributed by atoms with van der Waals surface area (Å²) in [5, 5.41) is 0. The van der Waals surface area contributed by atoms with Crippen molar-refractivity contribution in [2.75, 3.05) is 17.2 Å². The van der Waals surface area contributed by atoms with Gasteiger partial charge in [0.05, 0.1) is 11.1 Å². The molecular formula is C23H29N5O5. The highest BCUT2D eigenvalue weighted by Gasteiger charge is 2.42.